The summed E-state index contributed by atoms with van der Waals surface area (Å²) in [6, 6.07) is 9.41. The molecule has 2 heterocycles. The van der Waals surface area contributed by atoms with Crippen LogP contribution in [0.4, 0.5) is 0 Å². The molecule has 0 saturated carbocycles. The third-order valence-electron chi connectivity index (χ3n) is 4.97. The van der Waals surface area contributed by atoms with Gasteiger partial charge in [-0.1, -0.05) is 12.1 Å². The third kappa shape index (κ3) is 4.84. The lowest BCUT2D eigenvalue weighted by molar-refractivity contribution is -0.124. The number of amides is 2. The topological polar surface area (TPSA) is 71.5 Å². The Kier molecular flexibility index (Phi) is 6.06. The normalized spacial score (nSPS) is 14.7. The fourth-order valence-corrected chi connectivity index (χ4v) is 3.19. The van der Waals surface area contributed by atoms with E-state index in [9.17, 15) is 9.59 Å². The van der Waals surface area contributed by atoms with Gasteiger partial charge in [-0.05, 0) is 56.0 Å². The first kappa shape index (κ1) is 18.9. The summed E-state index contributed by atoms with van der Waals surface area (Å²) in [7, 11) is 0. The molecule has 3 rings (SSSR count). The van der Waals surface area contributed by atoms with Gasteiger partial charge in [0.25, 0.3) is 11.8 Å². The van der Waals surface area contributed by atoms with Gasteiger partial charge < -0.3 is 15.0 Å². The van der Waals surface area contributed by atoms with Gasteiger partial charge in [0.2, 0.25) is 0 Å². The van der Waals surface area contributed by atoms with Crippen molar-refractivity contribution in [1.29, 1.82) is 0 Å². The molecule has 0 spiro atoms. The minimum Gasteiger partial charge on any atom is -0.483 e. The van der Waals surface area contributed by atoms with E-state index in [4.69, 9.17) is 4.74 Å². The monoisotopic (exact) mass is 367 g/mol. The Labute approximate surface area is 159 Å². The summed E-state index contributed by atoms with van der Waals surface area (Å²) < 4.78 is 5.65. The van der Waals surface area contributed by atoms with Crippen molar-refractivity contribution >= 4 is 11.8 Å². The summed E-state index contributed by atoms with van der Waals surface area (Å²) in [6.07, 6.45) is 4.71. The molecule has 1 saturated heterocycles. The molecule has 1 aromatic carbocycles. The number of piperidine rings is 1. The minimum atomic E-state index is -0.132. The van der Waals surface area contributed by atoms with Crippen molar-refractivity contribution < 1.29 is 14.3 Å². The van der Waals surface area contributed by atoms with Gasteiger partial charge in [0, 0.05) is 31.5 Å². The molecule has 1 aliphatic heterocycles. The first-order chi connectivity index (χ1) is 13.0. The highest BCUT2D eigenvalue weighted by Crippen LogP contribution is 2.20. The lowest BCUT2D eigenvalue weighted by atomic mass is 10.0. The number of benzene rings is 1. The lowest BCUT2D eigenvalue weighted by Gasteiger charge is -2.32. The molecular formula is C21H25N3O3. The smallest absolute Gasteiger partial charge is 0.258 e. The van der Waals surface area contributed by atoms with E-state index in [-0.39, 0.29) is 24.5 Å². The molecule has 1 N–H and O–H groups in total. The van der Waals surface area contributed by atoms with Gasteiger partial charge in [-0.25, -0.2) is 0 Å². The molecule has 1 fully saturated rings. The maximum atomic E-state index is 12.4. The van der Waals surface area contributed by atoms with Crippen molar-refractivity contribution in [3.63, 3.8) is 0 Å². The molecule has 0 radical (unpaired) electrons. The lowest BCUT2D eigenvalue weighted by Crippen LogP contribution is -2.47. The quantitative estimate of drug-likeness (QED) is 0.881. The molecule has 1 aromatic heterocycles. The van der Waals surface area contributed by atoms with Crippen molar-refractivity contribution in [2.24, 2.45) is 0 Å². The van der Waals surface area contributed by atoms with Crippen LogP contribution < -0.4 is 10.1 Å². The number of aryl methyl sites for hydroxylation is 1. The second kappa shape index (κ2) is 8.66. The Balaban J connectivity index is 1.44. The molecule has 142 valence electrons. The van der Waals surface area contributed by atoms with Crippen molar-refractivity contribution in [1.82, 2.24) is 15.2 Å². The number of likely N-dealkylation sites (tertiary alicyclic amines) is 1. The van der Waals surface area contributed by atoms with Crippen LogP contribution in [0.1, 0.15) is 34.3 Å². The van der Waals surface area contributed by atoms with Gasteiger partial charge >= 0.3 is 0 Å². The summed E-state index contributed by atoms with van der Waals surface area (Å²) in [5.41, 5.74) is 2.79. The molecule has 2 aromatic rings. The van der Waals surface area contributed by atoms with Gasteiger partial charge in [0.15, 0.2) is 6.61 Å². The van der Waals surface area contributed by atoms with E-state index in [1.807, 2.05) is 36.9 Å². The maximum Gasteiger partial charge on any atom is 0.258 e. The average molecular weight is 367 g/mol. The predicted molar refractivity (Wildman–Crippen MR) is 103 cm³/mol. The number of carbonyl (C=O) groups excluding carboxylic acids is 2. The van der Waals surface area contributed by atoms with Crippen molar-refractivity contribution in [2.45, 2.75) is 32.7 Å². The average Bonchev–Trinajstić information content (AvgIpc) is 2.70. The standard InChI is InChI=1S/C21H25N3O3/c1-15-5-3-7-19(16(15)2)27-14-20(25)23-18-8-11-24(12-9-18)21(26)17-6-4-10-22-13-17/h3-7,10,13,18H,8-9,11-12,14H2,1-2H3,(H,23,25). The molecule has 2 amide bonds. The molecular weight excluding hydrogens is 342 g/mol. The second-order valence-corrected chi connectivity index (χ2v) is 6.86. The van der Waals surface area contributed by atoms with Gasteiger partial charge in [-0.3, -0.25) is 14.6 Å². The van der Waals surface area contributed by atoms with Crippen molar-refractivity contribution in [3.8, 4) is 5.75 Å². The Morgan fingerprint density at radius 2 is 1.96 bits per heavy atom. The molecule has 0 atom stereocenters. The predicted octanol–water partition coefficient (Wildman–Crippen LogP) is 2.50. The van der Waals surface area contributed by atoms with Crippen molar-refractivity contribution in [2.75, 3.05) is 19.7 Å². The summed E-state index contributed by atoms with van der Waals surface area (Å²) >= 11 is 0. The van der Waals surface area contributed by atoms with Crippen LogP contribution in [0, 0.1) is 13.8 Å². The molecule has 6 nitrogen and oxygen atoms in total. The first-order valence-corrected chi connectivity index (χ1v) is 9.22. The van der Waals surface area contributed by atoms with Gasteiger partial charge in [0.05, 0.1) is 5.56 Å². The van der Waals surface area contributed by atoms with Gasteiger partial charge in [-0.15, -0.1) is 0 Å². The molecule has 1 aliphatic rings. The Morgan fingerprint density at radius 3 is 2.67 bits per heavy atom. The third-order valence-corrected chi connectivity index (χ3v) is 4.97. The molecule has 6 heteroatoms. The summed E-state index contributed by atoms with van der Waals surface area (Å²) in [6.45, 7) is 5.24. The maximum absolute atomic E-state index is 12.4. The second-order valence-electron chi connectivity index (χ2n) is 6.86. The van der Waals surface area contributed by atoms with E-state index in [0.717, 1.165) is 29.7 Å². The fraction of sp³-hybridized carbons (Fsp3) is 0.381. The number of pyridine rings is 1. The largest absolute Gasteiger partial charge is 0.483 e. The van der Waals surface area contributed by atoms with E-state index in [0.29, 0.717) is 18.7 Å². The summed E-state index contributed by atoms with van der Waals surface area (Å²) in [4.78, 5) is 30.4. The van der Waals surface area contributed by atoms with Crippen LogP contribution in [-0.4, -0.2) is 47.4 Å². The first-order valence-electron chi connectivity index (χ1n) is 9.22. The van der Waals surface area contributed by atoms with Crippen LogP contribution in [0.15, 0.2) is 42.7 Å². The van der Waals surface area contributed by atoms with Crippen LogP contribution in [0.25, 0.3) is 0 Å². The van der Waals surface area contributed by atoms with E-state index < -0.39 is 0 Å². The van der Waals surface area contributed by atoms with E-state index in [1.165, 1.54) is 0 Å². The highest BCUT2D eigenvalue weighted by molar-refractivity contribution is 5.93. The van der Waals surface area contributed by atoms with Crippen LogP contribution >= 0.6 is 0 Å². The number of nitrogens with zero attached hydrogens (tertiary/aromatic N) is 2. The zero-order chi connectivity index (χ0) is 19.2. The fourth-order valence-electron chi connectivity index (χ4n) is 3.19. The van der Waals surface area contributed by atoms with Crippen LogP contribution in [-0.2, 0) is 4.79 Å². The molecule has 0 unspecified atom stereocenters. The highest BCUT2D eigenvalue weighted by atomic mass is 16.5. The van der Waals surface area contributed by atoms with Crippen LogP contribution in [0.3, 0.4) is 0 Å². The molecule has 27 heavy (non-hydrogen) atoms. The van der Waals surface area contributed by atoms with E-state index in [2.05, 4.69) is 10.3 Å². The number of hydrogen-bond acceptors (Lipinski definition) is 4. The van der Waals surface area contributed by atoms with E-state index >= 15 is 0 Å². The zero-order valence-electron chi connectivity index (χ0n) is 15.8. The summed E-state index contributed by atoms with van der Waals surface area (Å²) in [5.74, 6) is 0.598. The Morgan fingerprint density at radius 1 is 1.19 bits per heavy atom. The highest BCUT2D eigenvalue weighted by Gasteiger charge is 2.24. The molecule has 0 aliphatic carbocycles. The SMILES string of the molecule is Cc1cccc(OCC(=O)NC2CCN(C(=O)c3cccnc3)CC2)c1C. The van der Waals surface area contributed by atoms with Crippen LogP contribution in [0.2, 0.25) is 0 Å². The number of rotatable bonds is 5. The molecule has 0 bridgehead atoms. The summed E-state index contributed by atoms with van der Waals surface area (Å²) in [5, 5.41) is 3.01. The number of ether oxygens (including phenoxy) is 1. The number of aromatic nitrogens is 1. The Hall–Kier alpha value is -2.89. The number of carbonyl (C=O) groups is 2. The van der Waals surface area contributed by atoms with E-state index in [1.54, 1.807) is 24.5 Å². The van der Waals surface area contributed by atoms with Gasteiger partial charge in [-0.2, -0.15) is 0 Å². The van der Waals surface area contributed by atoms with Gasteiger partial charge in [0.1, 0.15) is 5.75 Å². The minimum absolute atomic E-state index is 0.000870. The van der Waals surface area contributed by atoms with Crippen LogP contribution in [0.5, 0.6) is 5.75 Å². The number of nitrogens with one attached hydrogen (secondary N) is 1. The zero-order valence-corrected chi connectivity index (χ0v) is 15.8. The van der Waals surface area contributed by atoms with Crippen molar-refractivity contribution in [3.05, 3.63) is 59.4 Å². The Bertz CT molecular complexity index is 800. The number of hydrogen-bond donors (Lipinski definition) is 1.